The van der Waals surface area contributed by atoms with Crippen LogP contribution < -0.4 is 5.32 Å². The number of aromatic carboxylic acids is 1. The molecule has 0 bridgehead atoms. The van der Waals surface area contributed by atoms with Crippen molar-refractivity contribution in [1.29, 1.82) is 0 Å². The van der Waals surface area contributed by atoms with Crippen molar-refractivity contribution >= 4 is 34.4 Å². The van der Waals surface area contributed by atoms with Crippen LogP contribution in [0.2, 0.25) is 0 Å². The second kappa shape index (κ2) is 8.45. The number of aliphatic imine (C=N–C) groups is 1. The number of aryl methyl sites for hydroxylation is 1. The van der Waals surface area contributed by atoms with E-state index in [-0.39, 0.29) is 11.5 Å². The van der Waals surface area contributed by atoms with Gasteiger partial charge in [-0.2, -0.15) is 0 Å². The molecule has 0 radical (unpaired) electrons. The molecule has 0 aliphatic heterocycles. The van der Waals surface area contributed by atoms with Crippen LogP contribution in [0.3, 0.4) is 0 Å². The number of thiophene rings is 1. The lowest BCUT2D eigenvalue weighted by molar-refractivity contribution is 0.0696. The van der Waals surface area contributed by atoms with Gasteiger partial charge in [0.25, 0.3) is 5.91 Å². The first-order valence-corrected chi connectivity index (χ1v) is 10.3. The minimum atomic E-state index is -0.963. The molecule has 0 unspecified atom stereocenters. The Hall–Kier alpha value is -3.19. The summed E-state index contributed by atoms with van der Waals surface area (Å²) in [6.45, 7) is 0.330. The number of carboxylic acid groups (broad SMARTS) is 1. The van der Waals surface area contributed by atoms with Crippen LogP contribution in [-0.2, 0) is 19.4 Å². The molecule has 3 aromatic rings. The molecule has 1 aromatic carbocycles. The largest absolute Gasteiger partial charge is 0.478 e. The number of amides is 1. The van der Waals surface area contributed by atoms with Crippen LogP contribution in [0.1, 0.15) is 55.3 Å². The van der Waals surface area contributed by atoms with E-state index in [1.807, 2.05) is 6.07 Å². The second-order valence-electron chi connectivity index (χ2n) is 6.84. The summed E-state index contributed by atoms with van der Waals surface area (Å²) >= 11 is 1.56. The maximum absolute atomic E-state index is 12.9. The first-order chi connectivity index (χ1) is 14.1. The van der Waals surface area contributed by atoms with Gasteiger partial charge in [0.1, 0.15) is 10.8 Å². The van der Waals surface area contributed by atoms with Gasteiger partial charge in [0.2, 0.25) is 0 Å². The minimum absolute atomic E-state index is 0.144. The van der Waals surface area contributed by atoms with Gasteiger partial charge in [0.05, 0.1) is 23.9 Å². The number of fused-ring (bicyclic) bond motifs is 1. The van der Waals surface area contributed by atoms with Crippen molar-refractivity contribution in [3.05, 3.63) is 75.6 Å². The molecule has 1 amide bonds. The van der Waals surface area contributed by atoms with Crippen molar-refractivity contribution < 1.29 is 19.1 Å². The maximum Gasteiger partial charge on any atom is 0.335 e. The lowest BCUT2D eigenvalue weighted by atomic mass is 9.95. The molecule has 0 saturated carbocycles. The van der Waals surface area contributed by atoms with Crippen LogP contribution in [0.5, 0.6) is 0 Å². The fraction of sp³-hybridized carbons (Fsp3) is 0.227. The molecular weight excluding hydrogens is 388 g/mol. The first-order valence-electron chi connectivity index (χ1n) is 9.44. The lowest BCUT2D eigenvalue weighted by Gasteiger charge is -2.12. The van der Waals surface area contributed by atoms with E-state index >= 15 is 0 Å². The SMILES string of the molecule is O=C(O)c1ccc(/C=N/c2sc3c(c2C(=O)NCc2ccco2)CCCC3)cc1. The molecule has 1 aliphatic rings. The number of carbonyl (C=O) groups is 2. The Bertz CT molecular complexity index is 1050. The van der Waals surface area contributed by atoms with Gasteiger partial charge < -0.3 is 14.8 Å². The lowest BCUT2D eigenvalue weighted by Crippen LogP contribution is -2.23. The standard InChI is InChI=1S/C22H20N2O4S/c25-20(23-13-16-4-3-11-28-16)19-17-5-1-2-6-18(17)29-21(19)24-12-14-7-9-15(10-8-14)22(26)27/h3-4,7-12H,1-2,5-6,13H2,(H,23,25)(H,26,27)/b24-12+. The normalized spacial score (nSPS) is 13.4. The third-order valence-electron chi connectivity index (χ3n) is 4.87. The Labute approximate surface area is 171 Å². The number of nitrogens with one attached hydrogen (secondary N) is 1. The molecule has 29 heavy (non-hydrogen) atoms. The van der Waals surface area contributed by atoms with Gasteiger partial charge >= 0.3 is 5.97 Å². The Morgan fingerprint density at radius 1 is 1.17 bits per heavy atom. The first kappa shape index (κ1) is 19.1. The number of carbonyl (C=O) groups excluding carboxylic acids is 1. The molecule has 2 N–H and O–H groups in total. The molecule has 148 valence electrons. The molecule has 2 aromatic heterocycles. The summed E-state index contributed by atoms with van der Waals surface area (Å²) in [7, 11) is 0. The topological polar surface area (TPSA) is 91.9 Å². The van der Waals surface area contributed by atoms with E-state index in [0.29, 0.717) is 22.9 Å². The van der Waals surface area contributed by atoms with Crippen LogP contribution in [0.15, 0.2) is 52.1 Å². The quantitative estimate of drug-likeness (QED) is 0.583. The van der Waals surface area contributed by atoms with E-state index in [2.05, 4.69) is 10.3 Å². The molecule has 0 fully saturated rings. The smallest absolute Gasteiger partial charge is 0.335 e. The Morgan fingerprint density at radius 2 is 1.97 bits per heavy atom. The predicted octanol–water partition coefficient (Wildman–Crippen LogP) is 4.60. The zero-order valence-corrected chi connectivity index (χ0v) is 16.5. The third kappa shape index (κ3) is 4.30. The Balaban J connectivity index is 1.59. The molecule has 4 rings (SSSR count). The summed E-state index contributed by atoms with van der Waals surface area (Å²) in [4.78, 5) is 29.7. The van der Waals surface area contributed by atoms with Gasteiger partial charge in [-0.05, 0) is 61.1 Å². The monoisotopic (exact) mass is 408 g/mol. The zero-order chi connectivity index (χ0) is 20.2. The number of rotatable bonds is 6. The highest BCUT2D eigenvalue weighted by atomic mass is 32.1. The molecule has 6 nitrogen and oxygen atoms in total. The highest BCUT2D eigenvalue weighted by molar-refractivity contribution is 7.16. The number of hydrogen-bond donors (Lipinski definition) is 2. The van der Waals surface area contributed by atoms with Gasteiger partial charge in [-0.3, -0.25) is 4.79 Å². The Kier molecular flexibility index (Phi) is 5.57. The van der Waals surface area contributed by atoms with Crippen molar-refractivity contribution in [1.82, 2.24) is 5.32 Å². The van der Waals surface area contributed by atoms with Crippen LogP contribution in [0, 0.1) is 0 Å². The molecule has 0 atom stereocenters. The van der Waals surface area contributed by atoms with E-state index in [1.54, 1.807) is 54.1 Å². The number of nitrogens with zero attached hydrogens (tertiary/aromatic N) is 1. The average molecular weight is 408 g/mol. The predicted molar refractivity (Wildman–Crippen MR) is 111 cm³/mol. The zero-order valence-electron chi connectivity index (χ0n) is 15.7. The van der Waals surface area contributed by atoms with E-state index in [4.69, 9.17) is 9.52 Å². The van der Waals surface area contributed by atoms with Gasteiger partial charge in [0, 0.05) is 11.1 Å². The fourth-order valence-electron chi connectivity index (χ4n) is 3.39. The molecule has 2 heterocycles. The molecular formula is C22H20N2O4S. The number of hydrogen-bond acceptors (Lipinski definition) is 5. The van der Waals surface area contributed by atoms with Gasteiger partial charge in [-0.15, -0.1) is 11.3 Å². The van der Waals surface area contributed by atoms with E-state index in [0.717, 1.165) is 36.8 Å². The van der Waals surface area contributed by atoms with Crippen molar-refractivity contribution in [2.45, 2.75) is 32.2 Å². The average Bonchev–Trinajstić information content (AvgIpc) is 3.38. The van der Waals surface area contributed by atoms with E-state index in [1.165, 1.54) is 4.88 Å². The highest BCUT2D eigenvalue weighted by Gasteiger charge is 2.25. The van der Waals surface area contributed by atoms with Crippen molar-refractivity contribution in [3.63, 3.8) is 0 Å². The van der Waals surface area contributed by atoms with Crippen molar-refractivity contribution in [3.8, 4) is 0 Å². The van der Waals surface area contributed by atoms with Crippen molar-refractivity contribution in [2.75, 3.05) is 0 Å². The third-order valence-corrected chi connectivity index (χ3v) is 6.07. The summed E-state index contributed by atoms with van der Waals surface area (Å²) in [5.41, 5.74) is 2.76. The number of benzene rings is 1. The van der Waals surface area contributed by atoms with Gasteiger partial charge in [0.15, 0.2) is 0 Å². The molecule has 1 aliphatic carbocycles. The summed E-state index contributed by atoms with van der Waals surface area (Å²) in [5.74, 6) is -0.407. The van der Waals surface area contributed by atoms with Crippen LogP contribution >= 0.6 is 11.3 Å². The van der Waals surface area contributed by atoms with Gasteiger partial charge in [-0.1, -0.05) is 12.1 Å². The van der Waals surface area contributed by atoms with Crippen LogP contribution in [0.25, 0.3) is 0 Å². The van der Waals surface area contributed by atoms with Crippen LogP contribution in [-0.4, -0.2) is 23.2 Å². The minimum Gasteiger partial charge on any atom is -0.478 e. The second-order valence-corrected chi connectivity index (χ2v) is 7.92. The number of carboxylic acids is 1. The number of furan rings is 1. The Morgan fingerprint density at radius 3 is 2.69 bits per heavy atom. The molecule has 0 spiro atoms. The summed E-state index contributed by atoms with van der Waals surface area (Å²) in [6, 6.07) is 10.1. The summed E-state index contributed by atoms with van der Waals surface area (Å²) in [6.07, 6.45) is 7.31. The fourth-order valence-corrected chi connectivity index (χ4v) is 4.62. The van der Waals surface area contributed by atoms with Gasteiger partial charge in [-0.25, -0.2) is 9.79 Å². The van der Waals surface area contributed by atoms with E-state index < -0.39 is 5.97 Å². The van der Waals surface area contributed by atoms with Crippen molar-refractivity contribution in [2.24, 2.45) is 4.99 Å². The maximum atomic E-state index is 12.9. The highest BCUT2D eigenvalue weighted by Crippen LogP contribution is 2.39. The summed E-state index contributed by atoms with van der Waals surface area (Å²) < 4.78 is 5.29. The van der Waals surface area contributed by atoms with Crippen LogP contribution in [0.4, 0.5) is 5.00 Å². The van der Waals surface area contributed by atoms with E-state index in [9.17, 15) is 9.59 Å². The molecule has 7 heteroatoms. The molecule has 0 saturated heterocycles. The summed E-state index contributed by atoms with van der Waals surface area (Å²) in [5, 5.41) is 12.6.